The number of carbonyl (C=O) groups is 1. The smallest absolute Gasteiger partial charge is 0.191 e. The van der Waals surface area contributed by atoms with Gasteiger partial charge in [0.05, 0.1) is 0 Å². The van der Waals surface area contributed by atoms with Gasteiger partial charge in [0, 0.05) is 12.2 Å². The highest BCUT2D eigenvalue weighted by molar-refractivity contribution is 5.99. The molecule has 0 aromatic heterocycles. The minimum atomic E-state index is -0.351. The van der Waals surface area contributed by atoms with Crippen molar-refractivity contribution in [2.24, 2.45) is 5.92 Å². The Labute approximate surface area is 88.1 Å². The van der Waals surface area contributed by atoms with E-state index in [1.54, 1.807) is 0 Å². The monoisotopic (exact) mass is 208 g/mol. The molecule has 2 rings (SSSR count). The molecule has 0 bridgehead atoms. The van der Waals surface area contributed by atoms with Crippen molar-refractivity contribution in [3.63, 3.8) is 0 Å². The highest BCUT2D eigenvalue weighted by Crippen LogP contribution is 2.23. The zero-order valence-electron chi connectivity index (χ0n) is 8.57. The van der Waals surface area contributed by atoms with Crippen LogP contribution in [0.15, 0.2) is 24.3 Å². The quantitative estimate of drug-likeness (QED) is 0.698. The van der Waals surface area contributed by atoms with E-state index >= 15 is 0 Å². The minimum absolute atomic E-state index is 0.0417. The Hall–Kier alpha value is -1.22. The predicted molar refractivity (Wildman–Crippen MR) is 54.3 cm³/mol. The van der Waals surface area contributed by atoms with Crippen molar-refractivity contribution in [1.29, 1.82) is 0 Å². The number of hydrogen-bond donors (Lipinski definition) is 0. The van der Waals surface area contributed by atoms with E-state index in [4.69, 9.17) is 4.74 Å². The first-order valence-electron chi connectivity index (χ1n) is 5.10. The molecule has 0 amide bonds. The molecule has 2 nitrogen and oxygen atoms in total. The van der Waals surface area contributed by atoms with Crippen LogP contribution in [0, 0.1) is 11.7 Å². The summed E-state index contributed by atoms with van der Waals surface area (Å²) in [6.07, 6.45) is 0.563. The van der Waals surface area contributed by atoms with Crippen molar-refractivity contribution in [2.45, 2.75) is 19.4 Å². The third kappa shape index (κ3) is 2.07. The Balaban J connectivity index is 2.17. The van der Waals surface area contributed by atoms with Crippen LogP contribution in [-0.4, -0.2) is 18.5 Å². The van der Waals surface area contributed by atoms with E-state index in [0.717, 1.165) is 6.42 Å². The molecular weight excluding hydrogens is 195 g/mol. The van der Waals surface area contributed by atoms with Crippen LogP contribution in [0.25, 0.3) is 0 Å². The van der Waals surface area contributed by atoms with E-state index in [0.29, 0.717) is 12.2 Å². The summed E-state index contributed by atoms with van der Waals surface area (Å²) in [5.41, 5.74) is 0.523. The number of carbonyl (C=O) groups excluding carboxylic acids is 1. The SMILES string of the molecule is CC1CCOC1C(=O)c1ccc(F)cc1. The molecule has 80 valence electrons. The molecule has 2 atom stereocenters. The van der Waals surface area contributed by atoms with E-state index in [9.17, 15) is 9.18 Å². The number of ketones is 1. The zero-order chi connectivity index (χ0) is 10.8. The Bertz CT molecular complexity index is 358. The molecule has 1 fully saturated rings. The largest absolute Gasteiger partial charge is 0.370 e. The molecule has 1 saturated heterocycles. The van der Waals surface area contributed by atoms with Gasteiger partial charge in [-0.3, -0.25) is 4.79 Å². The fourth-order valence-corrected chi connectivity index (χ4v) is 1.81. The molecule has 1 heterocycles. The van der Waals surface area contributed by atoms with Crippen LogP contribution in [0.1, 0.15) is 23.7 Å². The molecule has 15 heavy (non-hydrogen) atoms. The number of rotatable bonds is 2. The molecule has 0 aliphatic carbocycles. The minimum Gasteiger partial charge on any atom is -0.370 e. The van der Waals surface area contributed by atoms with Gasteiger partial charge in [-0.25, -0.2) is 4.39 Å². The first-order chi connectivity index (χ1) is 7.18. The zero-order valence-corrected chi connectivity index (χ0v) is 8.57. The van der Waals surface area contributed by atoms with Crippen molar-refractivity contribution < 1.29 is 13.9 Å². The van der Waals surface area contributed by atoms with Crippen LogP contribution in [0.4, 0.5) is 4.39 Å². The molecule has 0 spiro atoms. The van der Waals surface area contributed by atoms with Gasteiger partial charge >= 0.3 is 0 Å². The van der Waals surface area contributed by atoms with Gasteiger partial charge in [0.2, 0.25) is 0 Å². The van der Waals surface area contributed by atoms with E-state index in [-0.39, 0.29) is 23.6 Å². The van der Waals surface area contributed by atoms with Crippen LogP contribution in [0.2, 0.25) is 0 Å². The third-order valence-electron chi connectivity index (χ3n) is 2.77. The van der Waals surface area contributed by atoms with E-state index < -0.39 is 0 Å². The van der Waals surface area contributed by atoms with Crippen LogP contribution in [0.3, 0.4) is 0 Å². The van der Waals surface area contributed by atoms with Crippen molar-refractivity contribution in [3.8, 4) is 0 Å². The average Bonchev–Trinajstić information content (AvgIpc) is 2.65. The van der Waals surface area contributed by atoms with Crippen LogP contribution < -0.4 is 0 Å². The lowest BCUT2D eigenvalue weighted by Crippen LogP contribution is -2.25. The summed E-state index contributed by atoms with van der Waals surface area (Å²) in [7, 11) is 0. The number of benzene rings is 1. The first-order valence-corrected chi connectivity index (χ1v) is 5.10. The molecule has 1 aromatic rings. The van der Waals surface area contributed by atoms with Gasteiger partial charge in [0.15, 0.2) is 5.78 Å². The second-order valence-electron chi connectivity index (χ2n) is 3.93. The summed E-state index contributed by atoms with van der Waals surface area (Å²) in [6, 6.07) is 5.61. The molecule has 1 aliphatic rings. The molecule has 1 aliphatic heterocycles. The van der Waals surface area contributed by atoms with E-state index in [1.165, 1.54) is 24.3 Å². The Morgan fingerprint density at radius 2 is 2.07 bits per heavy atom. The average molecular weight is 208 g/mol. The lowest BCUT2D eigenvalue weighted by atomic mass is 9.96. The van der Waals surface area contributed by atoms with Crippen LogP contribution in [-0.2, 0) is 4.74 Å². The summed E-state index contributed by atoms with van der Waals surface area (Å²) in [4.78, 5) is 11.9. The molecule has 1 aromatic carbocycles. The predicted octanol–water partition coefficient (Wildman–Crippen LogP) is 2.43. The maximum absolute atomic E-state index is 12.7. The second kappa shape index (κ2) is 4.11. The van der Waals surface area contributed by atoms with Crippen molar-refractivity contribution in [3.05, 3.63) is 35.6 Å². The summed E-state index contributed by atoms with van der Waals surface area (Å²) in [5.74, 6) is -0.116. The van der Waals surface area contributed by atoms with Gasteiger partial charge < -0.3 is 4.74 Å². The summed E-state index contributed by atoms with van der Waals surface area (Å²) >= 11 is 0. The van der Waals surface area contributed by atoms with E-state index in [2.05, 4.69) is 0 Å². The Kier molecular flexibility index (Phi) is 2.82. The second-order valence-corrected chi connectivity index (χ2v) is 3.93. The van der Waals surface area contributed by atoms with Gasteiger partial charge in [0.25, 0.3) is 0 Å². The summed E-state index contributed by atoms with van der Waals surface area (Å²) < 4.78 is 18.0. The maximum Gasteiger partial charge on any atom is 0.191 e. The maximum atomic E-state index is 12.7. The molecular formula is C12H13FO2. The molecule has 0 N–H and O–H groups in total. The normalized spacial score (nSPS) is 25.5. The van der Waals surface area contributed by atoms with Gasteiger partial charge in [-0.1, -0.05) is 6.92 Å². The van der Waals surface area contributed by atoms with Gasteiger partial charge in [0.1, 0.15) is 11.9 Å². The Morgan fingerprint density at radius 3 is 2.60 bits per heavy atom. The fourth-order valence-electron chi connectivity index (χ4n) is 1.81. The summed E-state index contributed by atoms with van der Waals surface area (Å²) in [6.45, 7) is 2.64. The molecule has 0 saturated carbocycles. The molecule has 2 unspecified atom stereocenters. The van der Waals surface area contributed by atoms with Gasteiger partial charge in [-0.05, 0) is 36.6 Å². The van der Waals surface area contributed by atoms with Crippen LogP contribution in [0.5, 0.6) is 0 Å². The van der Waals surface area contributed by atoms with Gasteiger partial charge in [-0.15, -0.1) is 0 Å². The number of ether oxygens (including phenoxy) is 1. The van der Waals surface area contributed by atoms with Crippen molar-refractivity contribution >= 4 is 5.78 Å². The molecule has 3 heteroatoms. The number of Topliss-reactive ketones (excluding diaryl/α,β-unsaturated/α-hetero) is 1. The highest BCUT2D eigenvalue weighted by Gasteiger charge is 2.31. The van der Waals surface area contributed by atoms with Crippen molar-refractivity contribution in [1.82, 2.24) is 0 Å². The van der Waals surface area contributed by atoms with Gasteiger partial charge in [-0.2, -0.15) is 0 Å². The third-order valence-corrected chi connectivity index (χ3v) is 2.77. The van der Waals surface area contributed by atoms with E-state index in [1.807, 2.05) is 6.92 Å². The standard InChI is InChI=1S/C12H13FO2/c1-8-6-7-15-12(8)11(14)9-2-4-10(13)5-3-9/h2-5,8,12H,6-7H2,1H3. The molecule has 0 radical (unpaired) electrons. The number of hydrogen-bond acceptors (Lipinski definition) is 2. The fraction of sp³-hybridized carbons (Fsp3) is 0.417. The first kappa shape index (κ1) is 10.3. The topological polar surface area (TPSA) is 26.3 Å². The lowest BCUT2D eigenvalue weighted by molar-refractivity contribution is 0.0579. The highest BCUT2D eigenvalue weighted by atomic mass is 19.1. The number of halogens is 1. The summed E-state index contributed by atoms with van der Waals surface area (Å²) in [5, 5.41) is 0. The lowest BCUT2D eigenvalue weighted by Gasteiger charge is -2.12. The van der Waals surface area contributed by atoms with Crippen LogP contribution >= 0.6 is 0 Å². The Morgan fingerprint density at radius 1 is 1.40 bits per heavy atom. The van der Waals surface area contributed by atoms with Crippen molar-refractivity contribution in [2.75, 3.05) is 6.61 Å².